The van der Waals surface area contributed by atoms with Crippen molar-refractivity contribution in [2.45, 2.75) is 58.7 Å². The van der Waals surface area contributed by atoms with Crippen molar-refractivity contribution in [3.05, 3.63) is 156 Å². The standard InChI is InChI=1S/C57H40N6O41S12.12Na/c64-53(60-37-1-5-41(109(81,82)83)33-15-29(105(69,70)71)19-45(49(33)37)113(93,94)95)23-9-24(54(65)61-38-2-6-42(110(84,85)86)34-16-30(106(72,73)74)20-46(50(34)38)114(96,97)98)12-27(11-23)58-57(68)59-28-13-25(55(66)62-39-3-7-43(111(87,88)89)35-17-31(107(75,76)77)21-47(51(35)39)115(99,100)101)10-26(14-28)56(67)63-40-4-8-44(112(90,91)92)36-18-32(108(78,79)80)22-48(52(36)40)116(102,103)104;;;;;;;;;;;;/h1-22H,(H,60,64)(H,61,65)(H,62,66)(H,63,67)(H2,58,59,68)(H,69,70,71)(H,72,73,74)(H,75,76,77)(H,78,79,80)(H,81,82,83)(H,84,85,86)(H,87,88,89)(H,90,91,92)(H,93,94,95)(H,96,97,98)(H,99,100,101)(H,102,103,104);;;;;;;;;;;;/q;12*+1/p-12. The van der Waals surface area contributed by atoms with Gasteiger partial charge in [-0.05, 0) is 133 Å². The Hall–Kier alpha value is 1.31. The molecule has 0 aliphatic heterocycles. The predicted octanol–water partition coefficient (Wildman–Crippen LogP) is -36.2. The molecule has 6 N–H and O–H groups in total. The Morgan fingerprint density at radius 1 is 0.188 bits per heavy atom. The van der Waals surface area contributed by atoms with Crippen molar-refractivity contribution in [3.63, 3.8) is 0 Å². The van der Waals surface area contributed by atoms with E-state index in [2.05, 4.69) is 0 Å². The fourth-order valence-corrected chi connectivity index (χ4v) is 19.2. The minimum atomic E-state index is -6.21. The molecule has 0 fully saturated rings. The van der Waals surface area contributed by atoms with Crippen molar-refractivity contribution < 1.29 is 534 Å². The van der Waals surface area contributed by atoms with Crippen LogP contribution in [0.3, 0.4) is 0 Å². The molecule has 10 aromatic carbocycles. The average Bonchev–Trinajstić information content (AvgIpc) is 0.753. The van der Waals surface area contributed by atoms with E-state index in [0.29, 0.717) is 60.7 Å². The quantitative estimate of drug-likeness (QED) is 0.0271. The number of benzene rings is 10. The minimum absolute atomic E-state index is 0. The summed E-state index contributed by atoms with van der Waals surface area (Å²) in [5.41, 5.74) is -11.0. The van der Waals surface area contributed by atoms with Gasteiger partial charge in [0, 0.05) is 76.7 Å². The Morgan fingerprint density at radius 2 is 0.344 bits per heavy atom. The zero-order valence-electron chi connectivity index (χ0n) is 66.8. The zero-order chi connectivity index (χ0) is 87.0. The van der Waals surface area contributed by atoms with Crippen molar-refractivity contribution in [1.82, 2.24) is 0 Å². The first-order valence-corrected chi connectivity index (χ1v) is 46.1. The van der Waals surface area contributed by atoms with Crippen LogP contribution in [0.15, 0.2) is 192 Å². The van der Waals surface area contributed by atoms with Gasteiger partial charge in [-0.2, -0.15) is 0 Å². The summed E-state index contributed by atoms with van der Waals surface area (Å²) in [6.07, 6.45) is 0. The van der Waals surface area contributed by atoms with E-state index in [0.717, 1.165) is 0 Å². The Morgan fingerprint density at radius 3 is 0.484 bits per heavy atom. The summed E-state index contributed by atoms with van der Waals surface area (Å²) in [5, 5.41) is 0.602. The molecule has 0 radical (unpaired) electrons. The molecule has 0 saturated carbocycles. The van der Waals surface area contributed by atoms with Gasteiger partial charge in [0.25, 0.3) is 23.6 Å². The molecule has 128 heavy (non-hydrogen) atoms. The van der Waals surface area contributed by atoms with Gasteiger partial charge >= 0.3 is 361 Å². The molecular formula is C57H28N6Na12O41S12. The van der Waals surface area contributed by atoms with Crippen LogP contribution < -0.4 is 387 Å². The van der Waals surface area contributed by atoms with E-state index < -0.39 is 309 Å². The van der Waals surface area contributed by atoms with Gasteiger partial charge in [-0.3, -0.25) is 19.2 Å². The molecule has 0 spiro atoms. The maximum atomic E-state index is 14.6. The van der Waals surface area contributed by atoms with Crippen LogP contribution in [-0.4, -0.2) is 185 Å². The molecule has 6 amide bonds. The minimum Gasteiger partial charge on any atom is -0.744 e. The Labute approximate surface area is 990 Å². The van der Waals surface area contributed by atoms with Crippen molar-refractivity contribution in [1.29, 1.82) is 0 Å². The fraction of sp³-hybridized carbons (Fsp3) is 0. The molecule has 71 heteroatoms. The maximum Gasteiger partial charge on any atom is 1.00 e. The third-order valence-corrected chi connectivity index (χ3v) is 26.1. The smallest absolute Gasteiger partial charge is 0.744 e. The van der Waals surface area contributed by atoms with Gasteiger partial charge in [-0.25, -0.2) is 106 Å². The van der Waals surface area contributed by atoms with Gasteiger partial charge in [0.15, 0.2) is 0 Å². The molecule has 0 aromatic heterocycles. The van der Waals surface area contributed by atoms with Gasteiger partial charge in [-0.1, -0.05) is 0 Å². The molecule has 0 atom stereocenters. The van der Waals surface area contributed by atoms with Crippen LogP contribution in [0.2, 0.25) is 0 Å². The molecule has 616 valence electrons. The van der Waals surface area contributed by atoms with Crippen LogP contribution in [-0.2, 0) is 121 Å². The normalized spacial score (nSPS) is 11.9. The van der Waals surface area contributed by atoms with Crippen molar-refractivity contribution in [2.24, 2.45) is 0 Å². The number of urea groups is 1. The first kappa shape index (κ1) is 133. The summed E-state index contributed by atoms with van der Waals surface area (Å²) in [6.45, 7) is 0. The predicted molar refractivity (Wildman–Crippen MR) is 369 cm³/mol. The average molecular weight is 2110 g/mol. The van der Waals surface area contributed by atoms with Gasteiger partial charge < -0.3 is 86.5 Å². The second kappa shape index (κ2) is 48.9. The van der Waals surface area contributed by atoms with E-state index in [1.807, 2.05) is 31.9 Å². The first-order valence-electron chi connectivity index (χ1n) is 29.2. The summed E-state index contributed by atoms with van der Waals surface area (Å²) in [4.78, 5) is 52.6. The molecule has 0 heterocycles. The summed E-state index contributed by atoms with van der Waals surface area (Å²) < 4.78 is 450. The van der Waals surface area contributed by atoms with Crippen molar-refractivity contribution >= 4 is 228 Å². The monoisotopic (exact) mass is 2110 g/mol. The number of hydrogen-bond acceptors (Lipinski definition) is 41. The van der Waals surface area contributed by atoms with Crippen molar-refractivity contribution in [3.8, 4) is 0 Å². The van der Waals surface area contributed by atoms with E-state index in [1.54, 1.807) is 0 Å². The third kappa shape index (κ3) is 31.7. The molecule has 47 nitrogen and oxygen atoms in total. The Balaban J connectivity index is -0.0000130. The second-order valence-corrected chi connectivity index (χ2v) is 39.6. The third-order valence-electron chi connectivity index (χ3n) is 15.8. The molecule has 0 bridgehead atoms. The summed E-state index contributed by atoms with van der Waals surface area (Å²) in [5.74, 6) is -7.19. The number of carbonyl (C=O) groups is 5. The van der Waals surface area contributed by atoms with Gasteiger partial charge in [-0.15, -0.1) is 0 Å². The van der Waals surface area contributed by atoms with Crippen LogP contribution >= 0.6 is 0 Å². The zero-order valence-corrected chi connectivity index (χ0v) is 101. The molecule has 10 rings (SSSR count). The SMILES string of the molecule is O=C(Nc1cc(C(=O)Nc2ccc(S(=O)(=O)[O-])c3cc(S(=O)(=O)[O-])cc(S(=O)(=O)[O-])c23)cc(C(=O)Nc2ccc(S(=O)(=O)[O-])c3cc(S(=O)(=O)[O-])cc(S(=O)(=O)[O-])c23)c1)Nc1cc(C(=O)Nc2ccc(S(=O)(=O)[O-])c3cc(S(=O)(=O)[O-])cc(S(=O)(=O)[O-])c23)cc(C(=O)Nc2ccc(S(=O)(=O)[O-])c3cc(S(=O)(=O)[O-])cc(S(=O)(=O)[O-])c23)c1.[Na+].[Na+].[Na+].[Na+].[Na+].[Na+].[Na+].[Na+].[Na+].[Na+].[Na+].[Na+]. The van der Waals surface area contributed by atoms with Gasteiger partial charge in [0.05, 0.1) is 81.5 Å². The molecular weight excluding hydrogens is 2090 g/mol. The van der Waals surface area contributed by atoms with Crippen LogP contribution in [0.4, 0.5) is 38.9 Å². The van der Waals surface area contributed by atoms with Crippen LogP contribution in [0.25, 0.3) is 43.1 Å². The number of hydrogen-bond donors (Lipinski definition) is 6. The van der Waals surface area contributed by atoms with Gasteiger partial charge in [0.2, 0.25) is 0 Å². The molecule has 0 aliphatic rings. The molecule has 0 saturated heterocycles. The van der Waals surface area contributed by atoms with Crippen LogP contribution in [0.5, 0.6) is 0 Å². The largest absolute Gasteiger partial charge is 1.00 e. The van der Waals surface area contributed by atoms with E-state index in [1.165, 1.54) is 0 Å². The number of fused-ring (bicyclic) bond motifs is 4. The number of carbonyl (C=O) groups excluding carboxylic acids is 5. The number of rotatable bonds is 22. The second-order valence-electron chi connectivity index (χ2n) is 23.3. The molecule has 0 aliphatic carbocycles. The first-order chi connectivity index (χ1) is 52.6. The Kier molecular flexibility index (Phi) is 50.9. The number of amides is 6. The van der Waals surface area contributed by atoms with Crippen LogP contribution in [0, 0.1) is 0 Å². The van der Waals surface area contributed by atoms with E-state index in [-0.39, 0.29) is 427 Å². The van der Waals surface area contributed by atoms with E-state index in [9.17, 15) is 180 Å². The fourth-order valence-electron chi connectivity index (χ4n) is 11.2. The van der Waals surface area contributed by atoms with E-state index in [4.69, 9.17) is 0 Å². The Bertz CT molecular complexity index is 6890. The number of anilines is 6. The molecule has 10 aromatic rings. The summed E-state index contributed by atoms with van der Waals surface area (Å²) >= 11 is 0. The summed E-state index contributed by atoms with van der Waals surface area (Å²) in [7, 11) is -72.3. The molecule has 0 unspecified atom stereocenters. The van der Waals surface area contributed by atoms with Gasteiger partial charge in [0.1, 0.15) is 121 Å². The number of nitrogens with one attached hydrogen (secondary N) is 6. The van der Waals surface area contributed by atoms with Crippen LogP contribution in [0.1, 0.15) is 41.4 Å². The maximum absolute atomic E-state index is 14.6. The summed E-state index contributed by atoms with van der Waals surface area (Å²) in [6, 6.07) is 3.08. The van der Waals surface area contributed by atoms with E-state index >= 15 is 0 Å². The topological polar surface area (TPSA) is 844 Å². The van der Waals surface area contributed by atoms with Crippen molar-refractivity contribution in [2.75, 3.05) is 31.9 Å².